The number of ether oxygens (including phenoxy) is 2. The Labute approximate surface area is 121 Å². The summed E-state index contributed by atoms with van der Waals surface area (Å²) in [5, 5.41) is 12.2. The van der Waals surface area contributed by atoms with Crippen molar-refractivity contribution in [2.45, 2.75) is 45.8 Å². The topological polar surface area (TPSA) is 50.7 Å². The van der Waals surface area contributed by atoms with Gasteiger partial charge in [0.25, 0.3) is 0 Å². The lowest BCUT2D eigenvalue weighted by Gasteiger charge is -2.13. The minimum atomic E-state index is 0.257. The summed E-state index contributed by atoms with van der Waals surface area (Å²) in [4.78, 5) is 0. The van der Waals surface area contributed by atoms with E-state index in [-0.39, 0.29) is 12.7 Å². The van der Waals surface area contributed by atoms with Crippen molar-refractivity contribution >= 4 is 0 Å². The molecule has 0 saturated carbocycles. The number of benzene rings is 1. The van der Waals surface area contributed by atoms with Crippen LogP contribution in [0.15, 0.2) is 12.1 Å². The fourth-order valence-corrected chi connectivity index (χ4v) is 2.49. The van der Waals surface area contributed by atoms with Gasteiger partial charge >= 0.3 is 0 Å². The highest BCUT2D eigenvalue weighted by molar-refractivity contribution is 5.48. The Morgan fingerprint density at radius 3 is 3.00 bits per heavy atom. The van der Waals surface area contributed by atoms with Crippen molar-refractivity contribution < 1.29 is 14.6 Å². The van der Waals surface area contributed by atoms with Crippen LogP contribution < -0.4 is 14.8 Å². The lowest BCUT2D eigenvalue weighted by Crippen LogP contribution is -2.16. The van der Waals surface area contributed by atoms with Crippen molar-refractivity contribution in [1.82, 2.24) is 5.32 Å². The average molecular weight is 279 g/mol. The van der Waals surface area contributed by atoms with Crippen molar-refractivity contribution in [2.75, 3.05) is 19.8 Å². The molecular weight excluding hydrogens is 254 g/mol. The summed E-state index contributed by atoms with van der Waals surface area (Å²) in [6, 6.07) is 4.22. The van der Waals surface area contributed by atoms with Crippen LogP contribution in [0.2, 0.25) is 0 Å². The van der Waals surface area contributed by atoms with Gasteiger partial charge in [-0.15, -0.1) is 0 Å². The van der Waals surface area contributed by atoms with Gasteiger partial charge in [-0.2, -0.15) is 0 Å². The molecule has 0 fully saturated rings. The molecule has 1 atom stereocenters. The van der Waals surface area contributed by atoms with E-state index in [1.165, 1.54) is 5.56 Å². The molecule has 0 bridgehead atoms. The largest absolute Gasteiger partial charge is 0.494 e. The quantitative estimate of drug-likeness (QED) is 0.717. The molecule has 0 amide bonds. The number of aliphatic hydroxyl groups excluding tert-OH is 1. The molecule has 2 rings (SSSR count). The van der Waals surface area contributed by atoms with E-state index in [1.54, 1.807) is 0 Å². The number of hydrogen-bond acceptors (Lipinski definition) is 4. The molecule has 1 aromatic carbocycles. The van der Waals surface area contributed by atoms with E-state index in [1.807, 2.05) is 6.92 Å². The first-order valence-corrected chi connectivity index (χ1v) is 7.51. The first-order valence-electron chi connectivity index (χ1n) is 7.51. The van der Waals surface area contributed by atoms with Crippen LogP contribution in [0.4, 0.5) is 0 Å². The highest BCUT2D eigenvalue weighted by Gasteiger charge is 2.21. The Morgan fingerprint density at radius 2 is 2.25 bits per heavy atom. The van der Waals surface area contributed by atoms with Crippen LogP contribution >= 0.6 is 0 Å². The van der Waals surface area contributed by atoms with Crippen LogP contribution in [-0.2, 0) is 13.0 Å². The summed E-state index contributed by atoms with van der Waals surface area (Å²) >= 11 is 0. The van der Waals surface area contributed by atoms with E-state index in [9.17, 15) is 0 Å². The summed E-state index contributed by atoms with van der Waals surface area (Å²) < 4.78 is 11.5. The smallest absolute Gasteiger partial charge is 0.124 e. The van der Waals surface area contributed by atoms with Gasteiger partial charge in [0, 0.05) is 30.7 Å². The van der Waals surface area contributed by atoms with Crippen LogP contribution in [0, 0.1) is 0 Å². The van der Waals surface area contributed by atoms with E-state index in [0.29, 0.717) is 6.61 Å². The van der Waals surface area contributed by atoms with Crippen molar-refractivity contribution in [3.63, 3.8) is 0 Å². The third kappa shape index (κ3) is 3.87. The Balaban J connectivity index is 2.00. The molecule has 0 spiro atoms. The monoisotopic (exact) mass is 279 g/mol. The molecule has 0 aliphatic carbocycles. The maximum absolute atomic E-state index is 8.76. The highest BCUT2D eigenvalue weighted by atomic mass is 16.5. The van der Waals surface area contributed by atoms with Crippen LogP contribution in [0.25, 0.3) is 0 Å². The zero-order valence-corrected chi connectivity index (χ0v) is 12.4. The van der Waals surface area contributed by atoms with E-state index in [2.05, 4.69) is 24.4 Å². The van der Waals surface area contributed by atoms with E-state index in [4.69, 9.17) is 14.6 Å². The second-order valence-corrected chi connectivity index (χ2v) is 5.24. The third-order valence-corrected chi connectivity index (χ3v) is 3.46. The zero-order valence-electron chi connectivity index (χ0n) is 12.4. The van der Waals surface area contributed by atoms with E-state index < -0.39 is 0 Å². The van der Waals surface area contributed by atoms with E-state index in [0.717, 1.165) is 49.4 Å². The minimum Gasteiger partial charge on any atom is -0.494 e. The van der Waals surface area contributed by atoms with Crippen LogP contribution in [0.1, 0.15) is 37.8 Å². The number of rotatable bonds is 8. The van der Waals surface area contributed by atoms with Gasteiger partial charge in [0.2, 0.25) is 0 Å². The lowest BCUT2D eigenvalue weighted by atomic mass is 10.1. The fraction of sp³-hybridized carbons (Fsp3) is 0.625. The lowest BCUT2D eigenvalue weighted by molar-refractivity contribution is 0.254. The second-order valence-electron chi connectivity index (χ2n) is 5.24. The molecule has 20 heavy (non-hydrogen) atoms. The van der Waals surface area contributed by atoms with Gasteiger partial charge in [0.15, 0.2) is 0 Å². The molecule has 1 unspecified atom stereocenters. The molecule has 4 nitrogen and oxygen atoms in total. The Bertz CT molecular complexity index is 434. The Morgan fingerprint density at radius 1 is 1.40 bits per heavy atom. The second kappa shape index (κ2) is 7.50. The first kappa shape index (κ1) is 15.1. The Kier molecular flexibility index (Phi) is 5.68. The van der Waals surface area contributed by atoms with Crippen LogP contribution in [-0.4, -0.2) is 31.0 Å². The maximum atomic E-state index is 8.76. The number of nitrogens with one attached hydrogen (secondary N) is 1. The van der Waals surface area contributed by atoms with Gasteiger partial charge in [0.1, 0.15) is 17.6 Å². The van der Waals surface area contributed by atoms with Crippen molar-refractivity contribution in [1.29, 1.82) is 0 Å². The number of unbranched alkanes of at least 4 members (excludes halogenated alkanes) is 1. The predicted molar refractivity (Wildman–Crippen MR) is 79.4 cm³/mol. The van der Waals surface area contributed by atoms with E-state index >= 15 is 0 Å². The Hall–Kier alpha value is -1.26. The SMILES string of the molecule is CCOc1cc2c(cc1CNCCCCO)OC(C)C2. The summed E-state index contributed by atoms with van der Waals surface area (Å²) in [5.74, 6) is 1.95. The normalized spacial score (nSPS) is 16.9. The highest BCUT2D eigenvalue weighted by Crippen LogP contribution is 2.35. The number of hydrogen-bond donors (Lipinski definition) is 2. The zero-order chi connectivity index (χ0) is 14.4. The van der Waals surface area contributed by atoms with Gasteiger partial charge in [-0.05, 0) is 45.4 Å². The van der Waals surface area contributed by atoms with Crippen molar-refractivity contribution in [3.8, 4) is 11.5 Å². The predicted octanol–water partition coefficient (Wildman–Crippen LogP) is 2.27. The van der Waals surface area contributed by atoms with Gasteiger partial charge in [-0.1, -0.05) is 0 Å². The summed E-state index contributed by atoms with van der Waals surface area (Å²) in [6.45, 7) is 6.70. The van der Waals surface area contributed by atoms with Gasteiger partial charge in [-0.3, -0.25) is 0 Å². The molecule has 1 aliphatic rings. The molecule has 2 N–H and O–H groups in total. The summed E-state index contributed by atoms with van der Waals surface area (Å²) in [7, 11) is 0. The minimum absolute atomic E-state index is 0.257. The maximum Gasteiger partial charge on any atom is 0.124 e. The van der Waals surface area contributed by atoms with Crippen molar-refractivity contribution in [2.24, 2.45) is 0 Å². The first-order chi connectivity index (χ1) is 9.74. The summed E-state index contributed by atoms with van der Waals surface area (Å²) in [5.41, 5.74) is 2.38. The van der Waals surface area contributed by atoms with Gasteiger partial charge in [-0.25, -0.2) is 0 Å². The number of fused-ring (bicyclic) bond motifs is 1. The van der Waals surface area contributed by atoms with Crippen LogP contribution in [0.5, 0.6) is 11.5 Å². The van der Waals surface area contributed by atoms with Gasteiger partial charge < -0.3 is 19.9 Å². The molecule has 4 heteroatoms. The molecule has 0 aromatic heterocycles. The molecule has 1 aromatic rings. The molecule has 1 heterocycles. The molecule has 0 radical (unpaired) electrons. The fourth-order valence-electron chi connectivity index (χ4n) is 2.49. The standard InChI is InChI=1S/C16H25NO3/c1-3-19-15-9-13-8-12(2)20-16(13)10-14(15)11-17-6-4-5-7-18/h9-10,12,17-18H,3-8,11H2,1-2H3. The van der Waals surface area contributed by atoms with Crippen LogP contribution in [0.3, 0.4) is 0 Å². The van der Waals surface area contributed by atoms with Crippen molar-refractivity contribution in [3.05, 3.63) is 23.3 Å². The van der Waals surface area contributed by atoms with Gasteiger partial charge in [0.05, 0.1) is 6.61 Å². The summed E-state index contributed by atoms with van der Waals surface area (Å²) in [6.07, 6.45) is 3.04. The number of aliphatic hydroxyl groups is 1. The molecular formula is C16H25NO3. The molecule has 0 saturated heterocycles. The average Bonchev–Trinajstić information content (AvgIpc) is 2.78. The third-order valence-electron chi connectivity index (χ3n) is 3.46. The molecule has 112 valence electrons. The molecule has 1 aliphatic heterocycles.